The molecule has 16 heavy (non-hydrogen) atoms. The fourth-order valence-electron chi connectivity index (χ4n) is 1.81. The first-order valence-corrected chi connectivity index (χ1v) is 5.54. The molecule has 0 spiro atoms. The third-order valence-corrected chi connectivity index (χ3v) is 2.86. The Morgan fingerprint density at radius 1 is 1.56 bits per heavy atom. The Bertz CT molecular complexity index is 437. The molecule has 1 aliphatic carbocycles. The molecule has 1 aliphatic rings. The number of methoxy groups -OCH3 is 1. The van der Waals surface area contributed by atoms with Crippen LogP contribution in [-0.2, 0) is 16.1 Å². The molecule has 0 saturated heterocycles. The highest BCUT2D eigenvalue weighted by molar-refractivity contribution is 6.32. The van der Waals surface area contributed by atoms with Crippen LogP contribution in [0.2, 0.25) is 5.02 Å². The molecule has 5 heteroatoms. The molecule has 0 fully saturated rings. The van der Waals surface area contributed by atoms with E-state index in [-0.39, 0.29) is 5.78 Å². The number of ketones is 1. The van der Waals surface area contributed by atoms with E-state index in [1.54, 1.807) is 24.1 Å². The van der Waals surface area contributed by atoms with Crippen LogP contribution in [0.5, 0.6) is 0 Å². The van der Waals surface area contributed by atoms with Gasteiger partial charge in [-0.2, -0.15) is 5.10 Å². The second kappa shape index (κ2) is 4.80. The van der Waals surface area contributed by atoms with Gasteiger partial charge in [-0.3, -0.25) is 9.48 Å². The first-order chi connectivity index (χ1) is 7.72. The van der Waals surface area contributed by atoms with E-state index in [9.17, 15) is 4.79 Å². The highest BCUT2D eigenvalue weighted by atomic mass is 35.5. The van der Waals surface area contributed by atoms with Gasteiger partial charge in [-0.1, -0.05) is 11.6 Å². The summed E-state index contributed by atoms with van der Waals surface area (Å²) in [5.74, 6) is 0.158. The second-order valence-corrected chi connectivity index (χ2v) is 4.10. The minimum absolute atomic E-state index is 0.158. The maximum absolute atomic E-state index is 11.2. The zero-order valence-corrected chi connectivity index (χ0v) is 9.83. The highest BCUT2D eigenvalue weighted by Gasteiger charge is 2.19. The van der Waals surface area contributed by atoms with Crippen LogP contribution in [0, 0.1) is 0 Å². The van der Waals surface area contributed by atoms with Gasteiger partial charge >= 0.3 is 0 Å². The van der Waals surface area contributed by atoms with Crippen molar-refractivity contribution in [3.8, 4) is 0 Å². The molecule has 0 saturated carbocycles. The number of aromatic nitrogens is 2. The van der Waals surface area contributed by atoms with E-state index in [0.29, 0.717) is 24.6 Å². The van der Waals surface area contributed by atoms with Gasteiger partial charge in [0, 0.05) is 13.5 Å². The van der Waals surface area contributed by atoms with Crippen LogP contribution in [0.3, 0.4) is 0 Å². The highest BCUT2D eigenvalue weighted by Crippen LogP contribution is 2.30. The maximum atomic E-state index is 11.2. The van der Waals surface area contributed by atoms with E-state index in [1.807, 2.05) is 0 Å². The van der Waals surface area contributed by atoms with Gasteiger partial charge in [-0.15, -0.1) is 0 Å². The summed E-state index contributed by atoms with van der Waals surface area (Å²) in [5.41, 5.74) is 1.83. The minimum atomic E-state index is 0.158. The lowest BCUT2D eigenvalue weighted by Crippen LogP contribution is -2.08. The number of ether oxygens (including phenoxy) is 1. The van der Waals surface area contributed by atoms with Crippen molar-refractivity contribution < 1.29 is 9.53 Å². The fraction of sp³-hybridized carbons (Fsp3) is 0.455. The van der Waals surface area contributed by atoms with E-state index in [1.165, 1.54) is 0 Å². The van der Waals surface area contributed by atoms with Crippen molar-refractivity contribution in [1.82, 2.24) is 9.78 Å². The molecule has 86 valence electrons. The Morgan fingerprint density at radius 2 is 2.38 bits per heavy atom. The third-order valence-electron chi connectivity index (χ3n) is 2.58. The molecule has 0 N–H and O–H groups in total. The zero-order chi connectivity index (χ0) is 11.5. The average molecular weight is 241 g/mol. The Hall–Kier alpha value is -1.13. The summed E-state index contributed by atoms with van der Waals surface area (Å²) in [6.07, 6.45) is 4.58. The Kier molecular flexibility index (Phi) is 3.41. The molecule has 0 bridgehead atoms. The van der Waals surface area contributed by atoms with Gasteiger partial charge in [0.2, 0.25) is 0 Å². The Labute approximate surface area is 98.8 Å². The van der Waals surface area contributed by atoms with E-state index in [2.05, 4.69) is 5.10 Å². The van der Waals surface area contributed by atoms with Crippen molar-refractivity contribution in [2.75, 3.05) is 13.7 Å². The summed E-state index contributed by atoms with van der Waals surface area (Å²) < 4.78 is 6.79. The monoisotopic (exact) mass is 240 g/mol. The largest absolute Gasteiger partial charge is 0.383 e. The normalized spacial score (nSPS) is 15.6. The van der Waals surface area contributed by atoms with Crippen molar-refractivity contribution in [3.63, 3.8) is 0 Å². The number of halogens is 1. The van der Waals surface area contributed by atoms with Gasteiger partial charge in [0.25, 0.3) is 0 Å². The van der Waals surface area contributed by atoms with Gasteiger partial charge in [0.15, 0.2) is 5.78 Å². The summed E-state index contributed by atoms with van der Waals surface area (Å²) in [6, 6.07) is 0. The number of hydrogen-bond acceptors (Lipinski definition) is 3. The van der Waals surface area contributed by atoms with E-state index >= 15 is 0 Å². The molecule has 4 nitrogen and oxygen atoms in total. The molecule has 0 amide bonds. The lowest BCUT2D eigenvalue weighted by molar-refractivity contribution is -0.114. The van der Waals surface area contributed by atoms with Gasteiger partial charge in [0.05, 0.1) is 30.1 Å². The zero-order valence-electron chi connectivity index (χ0n) is 9.07. The summed E-state index contributed by atoms with van der Waals surface area (Å²) in [4.78, 5) is 11.2. The van der Waals surface area contributed by atoms with Crippen LogP contribution in [0.15, 0.2) is 12.3 Å². The number of allylic oxidation sites excluding steroid dienone is 2. The van der Waals surface area contributed by atoms with Crippen LogP contribution in [0.4, 0.5) is 0 Å². The molecule has 1 aromatic heterocycles. The van der Waals surface area contributed by atoms with Gasteiger partial charge in [0.1, 0.15) is 0 Å². The fourth-order valence-corrected chi connectivity index (χ4v) is 2.07. The van der Waals surface area contributed by atoms with Crippen molar-refractivity contribution in [3.05, 3.63) is 23.0 Å². The first kappa shape index (κ1) is 11.4. The molecule has 0 unspecified atom stereocenters. The smallest absolute Gasteiger partial charge is 0.156 e. The average Bonchev–Trinajstić information content (AvgIpc) is 2.82. The van der Waals surface area contributed by atoms with Crippen molar-refractivity contribution in [2.24, 2.45) is 0 Å². The number of nitrogens with zero attached hydrogens (tertiary/aromatic N) is 2. The first-order valence-electron chi connectivity index (χ1n) is 5.16. The van der Waals surface area contributed by atoms with Gasteiger partial charge < -0.3 is 4.74 Å². The van der Waals surface area contributed by atoms with Crippen molar-refractivity contribution in [2.45, 2.75) is 19.4 Å². The summed E-state index contributed by atoms with van der Waals surface area (Å²) in [7, 11) is 1.64. The van der Waals surface area contributed by atoms with E-state index in [0.717, 1.165) is 17.7 Å². The molecule has 0 radical (unpaired) electrons. The minimum Gasteiger partial charge on any atom is -0.383 e. The van der Waals surface area contributed by atoms with Crippen LogP contribution in [0.25, 0.3) is 5.57 Å². The molecular formula is C11H13ClN2O2. The topological polar surface area (TPSA) is 44.1 Å². The third kappa shape index (κ3) is 2.18. The molecule has 1 aromatic rings. The Morgan fingerprint density at radius 3 is 3.00 bits per heavy atom. The number of carbonyl (C=O) groups is 1. The summed E-state index contributed by atoms with van der Waals surface area (Å²) in [5, 5.41) is 4.77. The molecule has 1 heterocycles. The van der Waals surface area contributed by atoms with Crippen LogP contribution in [-0.4, -0.2) is 29.3 Å². The quantitative estimate of drug-likeness (QED) is 0.808. The summed E-state index contributed by atoms with van der Waals surface area (Å²) in [6.45, 7) is 1.22. The Balaban J connectivity index is 2.28. The molecule has 0 atom stereocenters. The lowest BCUT2D eigenvalue weighted by Gasteiger charge is -2.07. The molecular weight excluding hydrogens is 228 g/mol. The number of carbonyl (C=O) groups excluding carboxylic acids is 1. The second-order valence-electron chi connectivity index (χ2n) is 3.69. The maximum Gasteiger partial charge on any atom is 0.156 e. The van der Waals surface area contributed by atoms with Crippen LogP contribution < -0.4 is 0 Å². The SMILES string of the molecule is COCCn1ncc(Cl)c1C1=CC(=O)CC1. The summed E-state index contributed by atoms with van der Waals surface area (Å²) >= 11 is 6.08. The molecule has 0 aromatic carbocycles. The number of hydrogen-bond donors (Lipinski definition) is 0. The van der Waals surface area contributed by atoms with Crippen molar-refractivity contribution >= 4 is 23.0 Å². The molecule has 2 rings (SSSR count). The van der Waals surface area contributed by atoms with E-state index in [4.69, 9.17) is 16.3 Å². The van der Waals surface area contributed by atoms with Crippen LogP contribution in [0.1, 0.15) is 18.5 Å². The van der Waals surface area contributed by atoms with Gasteiger partial charge in [-0.25, -0.2) is 0 Å². The lowest BCUT2D eigenvalue weighted by atomic mass is 10.1. The van der Waals surface area contributed by atoms with Gasteiger partial charge in [-0.05, 0) is 18.1 Å². The molecule has 0 aliphatic heterocycles. The van der Waals surface area contributed by atoms with Crippen molar-refractivity contribution in [1.29, 1.82) is 0 Å². The van der Waals surface area contributed by atoms with E-state index < -0.39 is 0 Å². The standard InChI is InChI=1S/C11H13ClN2O2/c1-16-5-4-14-11(10(12)7-13-14)8-2-3-9(15)6-8/h6-7H,2-5H2,1H3. The number of rotatable bonds is 4. The van der Waals surface area contributed by atoms with Crippen LogP contribution >= 0.6 is 11.6 Å². The predicted octanol–water partition coefficient (Wildman–Crippen LogP) is 1.93. The predicted molar refractivity (Wildman–Crippen MR) is 61.3 cm³/mol.